The highest BCUT2D eigenvalue weighted by molar-refractivity contribution is 5.73. The van der Waals surface area contributed by atoms with Crippen molar-refractivity contribution >= 4 is 11.9 Å². The fraction of sp³-hybridized carbons (Fsp3) is 0.500. The SMILES string of the molecule is O=C(O)C(F)(F)F.O=C(O)C(F)(F)F.c1ccc(CN2CCc3ncnc(C4CCOC4)c3CC2)nc1. The Labute approximate surface area is 207 Å². The van der Waals surface area contributed by atoms with Gasteiger partial charge in [-0.1, -0.05) is 6.07 Å². The molecular weight excluding hydrogens is 514 g/mol. The van der Waals surface area contributed by atoms with Crippen LogP contribution in [0.1, 0.15) is 35.0 Å². The maximum Gasteiger partial charge on any atom is 0.490 e. The highest BCUT2D eigenvalue weighted by Gasteiger charge is 2.38. The predicted molar refractivity (Wildman–Crippen MR) is 115 cm³/mol. The van der Waals surface area contributed by atoms with Crippen LogP contribution in [0.25, 0.3) is 0 Å². The molecule has 0 spiro atoms. The number of carboxylic acids is 2. The number of rotatable bonds is 3. The molecular formula is C22H24F6N4O5. The number of carboxylic acid groups (broad SMARTS) is 2. The highest BCUT2D eigenvalue weighted by Crippen LogP contribution is 2.29. The van der Waals surface area contributed by atoms with Gasteiger partial charge < -0.3 is 14.9 Å². The number of ether oxygens (including phenoxy) is 1. The van der Waals surface area contributed by atoms with Gasteiger partial charge in [-0.25, -0.2) is 19.6 Å². The minimum absolute atomic E-state index is 0.453. The third-order valence-corrected chi connectivity index (χ3v) is 5.32. The average Bonchev–Trinajstić information content (AvgIpc) is 3.28. The van der Waals surface area contributed by atoms with Crippen LogP contribution in [0.3, 0.4) is 0 Å². The van der Waals surface area contributed by atoms with E-state index < -0.39 is 24.3 Å². The largest absolute Gasteiger partial charge is 0.490 e. The zero-order valence-electron chi connectivity index (χ0n) is 19.3. The summed E-state index contributed by atoms with van der Waals surface area (Å²) in [5, 5.41) is 14.2. The number of carbonyl (C=O) groups is 2. The molecule has 4 rings (SSSR count). The summed E-state index contributed by atoms with van der Waals surface area (Å²) >= 11 is 0. The molecule has 0 radical (unpaired) electrons. The van der Waals surface area contributed by atoms with Crippen LogP contribution in [0, 0.1) is 0 Å². The average molecular weight is 538 g/mol. The summed E-state index contributed by atoms with van der Waals surface area (Å²) in [7, 11) is 0. The molecule has 0 aromatic carbocycles. The van der Waals surface area contributed by atoms with E-state index in [1.54, 1.807) is 6.33 Å². The quantitative estimate of drug-likeness (QED) is 0.567. The number of pyridine rings is 1. The standard InChI is InChI=1S/C18H22N4O.2C2HF3O2/c1-2-7-19-15(3-1)11-22-8-4-16-17(5-9-22)20-13-21-18(16)14-6-10-23-12-14;2*3-2(4,5)1(6)7/h1-3,7,13-14H,4-6,8-12H2;2*(H,6,7). The monoisotopic (exact) mass is 538 g/mol. The summed E-state index contributed by atoms with van der Waals surface area (Å²) in [6, 6.07) is 6.12. The molecule has 37 heavy (non-hydrogen) atoms. The topological polar surface area (TPSA) is 126 Å². The van der Waals surface area contributed by atoms with Gasteiger partial charge in [0.05, 0.1) is 18.0 Å². The van der Waals surface area contributed by atoms with Crippen LogP contribution in [-0.2, 0) is 33.7 Å². The Bertz CT molecular complexity index is 1010. The number of halogens is 6. The van der Waals surface area contributed by atoms with E-state index >= 15 is 0 Å². The molecule has 204 valence electrons. The molecule has 0 bridgehead atoms. The normalized spacial score (nSPS) is 17.8. The van der Waals surface area contributed by atoms with Crippen LogP contribution >= 0.6 is 0 Å². The number of alkyl halides is 6. The van der Waals surface area contributed by atoms with Crippen molar-refractivity contribution in [1.82, 2.24) is 19.9 Å². The molecule has 2 N–H and O–H groups in total. The smallest absolute Gasteiger partial charge is 0.475 e. The van der Waals surface area contributed by atoms with E-state index in [0.29, 0.717) is 5.92 Å². The van der Waals surface area contributed by atoms with Gasteiger partial charge in [-0.2, -0.15) is 26.3 Å². The number of nitrogens with zero attached hydrogens (tertiary/aromatic N) is 4. The lowest BCUT2D eigenvalue weighted by Crippen LogP contribution is -2.26. The summed E-state index contributed by atoms with van der Waals surface area (Å²) < 4.78 is 69.0. The first-order valence-corrected chi connectivity index (χ1v) is 10.9. The summed E-state index contributed by atoms with van der Waals surface area (Å²) in [6.45, 7) is 4.64. The predicted octanol–water partition coefficient (Wildman–Crippen LogP) is 3.24. The minimum atomic E-state index is -5.08. The van der Waals surface area contributed by atoms with Crippen molar-refractivity contribution in [3.8, 4) is 0 Å². The Kier molecular flexibility index (Phi) is 10.7. The van der Waals surface area contributed by atoms with Gasteiger partial charge in [0.15, 0.2) is 0 Å². The van der Waals surface area contributed by atoms with Gasteiger partial charge in [0.2, 0.25) is 0 Å². The molecule has 2 aliphatic heterocycles. The fourth-order valence-electron chi connectivity index (χ4n) is 3.58. The van der Waals surface area contributed by atoms with Crippen LogP contribution in [0.2, 0.25) is 0 Å². The number of hydrogen-bond donors (Lipinski definition) is 2. The molecule has 0 saturated carbocycles. The Hall–Kier alpha value is -3.33. The molecule has 2 aliphatic rings. The highest BCUT2D eigenvalue weighted by atomic mass is 19.4. The van der Waals surface area contributed by atoms with Crippen LogP contribution < -0.4 is 0 Å². The van der Waals surface area contributed by atoms with Gasteiger partial charge in [0, 0.05) is 50.5 Å². The minimum Gasteiger partial charge on any atom is -0.475 e. The van der Waals surface area contributed by atoms with Crippen molar-refractivity contribution in [2.24, 2.45) is 0 Å². The molecule has 2 aromatic rings. The third kappa shape index (κ3) is 9.92. The van der Waals surface area contributed by atoms with Crippen molar-refractivity contribution in [1.29, 1.82) is 0 Å². The maximum atomic E-state index is 10.6. The van der Waals surface area contributed by atoms with E-state index in [-0.39, 0.29) is 0 Å². The summed E-state index contributed by atoms with van der Waals surface area (Å²) in [5.41, 5.74) is 4.96. The lowest BCUT2D eigenvalue weighted by atomic mass is 9.96. The molecule has 0 amide bonds. The third-order valence-electron chi connectivity index (χ3n) is 5.32. The van der Waals surface area contributed by atoms with Crippen molar-refractivity contribution in [3.05, 3.63) is 53.4 Å². The van der Waals surface area contributed by atoms with E-state index in [4.69, 9.17) is 24.5 Å². The van der Waals surface area contributed by atoms with Crippen LogP contribution in [0.5, 0.6) is 0 Å². The molecule has 1 fully saturated rings. The maximum absolute atomic E-state index is 10.6. The van der Waals surface area contributed by atoms with Crippen LogP contribution in [0.15, 0.2) is 30.7 Å². The van der Waals surface area contributed by atoms with Crippen molar-refractivity contribution in [2.75, 3.05) is 26.3 Å². The Balaban J connectivity index is 0.000000286. The second kappa shape index (κ2) is 13.3. The molecule has 0 aliphatic carbocycles. The summed E-state index contributed by atoms with van der Waals surface area (Å²) in [6.07, 6.45) is -3.46. The van der Waals surface area contributed by atoms with Gasteiger partial charge >= 0.3 is 24.3 Å². The first-order chi connectivity index (χ1) is 17.3. The summed E-state index contributed by atoms with van der Waals surface area (Å²) in [4.78, 5) is 33.9. The second-order valence-corrected chi connectivity index (χ2v) is 7.95. The molecule has 1 saturated heterocycles. The Morgan fingerprint density at radius 1 is 0.973 bits per heavy atom. The zero-order valence-corrected chi connectivity index (χ0v) is 19.3. The van der Waals surface area contributed by atoms with Gasteiger partial charge in [0.1, 0.15) is 6.33 Å². The van der Waals surface area contributed by atoms with Crippen molar-refractivity contribution < 1.29 is 50.9 Å². The van der Waals surface area contributed by atoms with Crippen molar-refractivity contribution in [2.45, 2.75) is 44.1 Å². The first kappa shape index (κ1) is 29.9. The van der Waals surface area contributed by atoms with E-state index in [2.05, 4.69) is 32.0 Å². The van der Waals surface area contributed by atoms with Gasteiger partial charge in [-0.05, 0) is 30.5 Å². The van der Waals surface area contributed by atoms with Gasteiger partial charge in [0.25, 0.3) is 0 Å². The number of aliphatic carboxylic acids is 2. The summed E-state index contributed by atoms with van der Waals surface area (Å²) in [5.74, 6) is -5.06. The number of hydrogen-bond acceptors (Lipinski definition) is 7. The molecule has 1 unspecified atom stereocenters. The molecule has 15 heteroatoms. The van der Waals surface area contributed by atoms with Gasteiger partial charge in [-0.15, -0.1) is 0 Å². The van der Waals surface area contributed by atoms with E-state index in [1.807, 2.05) is 12.3 Å². The number of fused-ring (bicyclic) bond motifs is 1. The molecule has 2 aromatic heterocycles. The second-order valence-electron chi connectivity index (χ2n) is 7.95. The van der Waals surface area contributed by atoms with E-state index in [1.165, 1.54) is 17.0 Å². The fourth-order valence-corrected chi connectivity index (χ4v) is 3.58. The lowest BCUT2D eigenvalue weighted by molar-refractivity contribution is -0.193. The Morgan fingerprint density at radius 3 is 2.11 bits per heavy atom. The zero-order chi connectivity index (χ0) is 27.6. The first-order valence-electron chi connectivity index (χ1n) is 10.9. The molecule has 4 heterocycles. The molecule has 1 atom stereocenters. The van der Waals surface area contributed by atoms with E-state index in [0.717, 1.165) is 57.8 Å². The van der Waals surface area contributed by atoms with E-state index in [9.17, 15) is 26.3 Å². The number of aromatic nitrogens is 3. The Morgan fingerprint density at radius 2 is 1.59 bits per heavy atom. The van der Waals surface area contributed by atoms with Gasteiger partial charge in [-0.3, -0.25) is 9.88 Å². The molecule has 9 nitrogen and oxygen atoms in total. The van der Waals surface area contributed by atoms with Crippen LogP contribution in [-0.4, -0.2) is 80.7 Å². The van der Waals surface area contributed by atoms with Crippen LogP contribution in [0.4, 0.5) is 26.3 Å². The van der Waals surface area contributed by atoms with Crippen molar-refractivity contribution in [3.63, 3.8) is 0 Å². The lowest BCUT2D eigenvalue weighted by Gasteiger charge is -2.19.